The molecule has 6 heteroatoms. The van der Waals surface area contributed by atoms with Crippen LogP contribution in [0.3, 0.4) is 0 Å². The Bertz CT molecular complexity index is 2420. The fourth-order valence-corrected chi connectivity index (χ4v) is 9.38. The number of aromatic nitrogens is 2. The molecule has 6 aromatic rings. The second-order valence-electron chi connectivity index (χ2n) is 18.5. The SMILES string of the molecule is CCC(CC)C(=O)/C=C(\O)C(C)(CC)CC.Cc1[c-]c(-c2nccc3cc(C(C)C)ccc23)cc(C)c1.Cc1[c-]c(-c2nccc3cc([Si](C)(C)C(C)C)ccc23)cc(C)c1.[Ir]. The van der Waals surface area contributed by atoms with Gasteiger partial charge in [-0.2, -0.15) is 0 Å². The van der Waals surface area contributed by atoms with Crippen LogP contribution in [0.1, 0.15) is 122 Å². The first kappa shape index (κ1) is 52.1. The molecule has 2 aromatic heterocycles. The van der Waals surface area contributed by atoms with E-state index in [1.807, 2.05) is 47.0 Å². The molecular weight excluding hydrogens is 953 g/mol. The molecule has 0 unspecified atom stereocenters. The summed E-state index contributed by atoms with van der Waals surface area (Å²) >= 11 is 0. The van der Waals surface area contributed by atoms with Crippen molar-refractivity contribution in [2.75, 3.05) is 0 Å². The Morgan fingerprint density at radius 3 is 1.60 bits per heavy atom. The second kappa shape index (κ2) is 22.9. The van der Waals surface area contributed by atoms with Crippen LogP contribution in [-0.2, 0) is 24.9 Å². The number of pyridine rings is 2. The van der Waals surface area contributed by atoms with E-state index in [2.05, 4.69) is 163 Å². The van der Waals surface area contributed by atoms with Crippen molar-refractivity contribution in [3.8, 4) is 22.5 Å². The molecule has 0 spiro atoms. The minimum absolute atomic E-state index is 0. The van der Waals surface area contributed by atoms with Crippen LogP contribution in [-0.4, -0.2) is 28.9 Å². The number of hydrogen-bond donors (Lipinski definition) is 1. The molecule has 0 bridgehead atoms. The molecule has 1 radical (unpaired) electrons. The van der Waals surface area contributed by atoms with E-state index in [1.54, 1.807) is 0 Å². The van der Waals surface area contributed by atoms with E-state index >= 15 is 0 Å². The normalized spacial score (nSPS) is 11.9. The third-order valence-electron chi connectivity index (χ3n) is 13.1. The number of ketones is 1. The summed E-state index contributed by atoms with van der Waals surface area (Å²) in [4.78, 5) is 21.1. The van der Waals surface area contributed by atoms with E-state index < -0.39 is 8.07 Å². The van der Waals surface area contributed by atoms with E-state index in [-0.39, 0.29) is 43.0 Å². The van der Waals surface area contributed by atoms with Crippen molar-refractivity contribution in [1.82, 2.24) is 9.97 Å². The quantitative estimate of drug-likeness (QED) is 0.0574. The number of rotatable bonds is 12. The number of aliphatic hydroxyl groups is 1. The van der Waals surface area contributed by atoms with Gasteiger partial charge < -0.3 is 15.1 Å². The fourth-order valence-electron chi connectivity index (χ4n) is 7.67. The van der Waals surface area contributed by atoms with Crippen molar-refractivity contribution in [3.05, 3.63) is 137 Å². The van der Waals surface area contributed by atoms with Crippen molar-refractivity contribution in [3.63, 3.8) is 0 Å². The Hall–Kier alpha value is -4.22. The third kappa shape index (κ3) is 12.9. The maximum atomic E-state index is 11.9. The van der Waals surface area contributed by atoms with E-state index in [1.165, 1.54) is 49.5 Å². The number of nitrogens with zero attached hydrogens (tertiary/aromatic N) is 2. The molecular formula is C56H72IrN2O2Si-2. The van der Waals surface area contributed by atoms with Gasteiger partial charge >= 0.3 is 0 Å². The molecule has 2 heterocycles. The van der Waals surface area contributed by atoms with E-state index in [9.17, 15) is 9.90 Å². The number of carbonyl (C=O) groups is 1. The molecule has 0 atom stereocenters. The van der Waals surface area contributed by atoms with Crippen LogP contribution < -0.4 is 5.19 Å². The first-order valence-electron chi connectivity index (χ1n) is 22.5. The van der Waals surface area contributed by atoms with Crippen molar-refractivity contribution in [2.45, 2.75) is 140 Å². The number of carbonyl (C=O) groups excluding carboxylic acids is 1. The van der Waals surface area contributed by atoms with Gasteiger partial charge in [0, 0.05) is 49.9 Å². The van der Waals surface area contributed by atoms with Crippen LogP contribution in [0, 0.1) is 51.2 Å². The Labute approximate surface area is 389 Å². The Kier molecular flexibility index (Phi) is 19.3. The van der Waals surface area contributed by atoms with Crippen LogP contribution >= 0.6 is 0 Å². The summed E-state index contributed by atoms with van der Waals surface area (Å²) in [6.07, 6.45) is 8.65. The first-order chi connectivity index (χ1) is 28.8. The molecule has 62 heavy (non-hydrogen) atoms. The predicted molar refractivity (Wildman–Crippen MR) is 266 cm³/mol. The van der Waals surface area contributed by atoms with Gasteiger partial charge in [0.2, 0.25) is 0 Å². The molecule has 6 rings (SSSR count). The van der Waals surface area contributed by atoms with Crippen LogP contribution in [0.15, 0.2) is 97.0 Å². The van der Waals surface area contributed by atoms with Gasteiger partial charge in [-0.05, 0) is 87.8 Å². The van der Waals surface area contributed by atoms with E-state index in [0.29, 0.717) is 5.92 Å². The Balaban J connectivity index is 0.000000251. The molecule has 4 nitrogen and oxygen atoms in total. The van der Waals surface area contributed by atoms with Gasteiger partial charge in [-0.3, -0.25) is 4.79 Å². The molecule has 0 amide bonds. The maximum Gasteiger partial charge on any atom is 0.162 e. The van der Waals surface area contributed by atoms with Crippen LogP contribution in [0.4, 0.5) is 0 Å². The number of fused-ring (bicyclic) bond motifs is 2. The average molecular weight is 1030 g/mol. The average Bonchev–Trinajstić information content (AvgIpc) is 3.22. The molecule has 333 valence electrons. The molecule has 0 fully saturated rings. The summed E-state index contributed by atoms with van der Waals surface area (Å²) in [5, 5.41) is 16.5. The van der Waals surface area contributed by atoms with Gasteiger partial charge in [-0.25, -0.2) is 0 Å². The zero-order chi connectivity index (χ0) is 45.2. The van der Waals surface area contributed by atoms with Gasteiger partial charge in [0.05, 0.1) is 8.07 Å². The third-order valence-corrected chi connectivity index (χ3v) is 17.7. The Morgan fingerprint density at radius 2 is 1.18 bits per heavy atom. The second-order valence-corrected chi connectivity index (χ2v) is 23.7. The molecule has 4 aromatic carbocycles. The summed E-state index contributed by atoms with van der Waals surface area (Å²) in [6.45, 7) is 32.6. The number of allylic oxidation sites excluding steroid dienone is 2. The summed E-state index contributed by atoms with van der Waals surface area (Å²) < 4.78 is 0. The monoisotopic (exact) mass is 1030 g/mol. The molecule has 0 saturated heterocycles. The number of aliphatic hydroxyl groups excluding tert-OH is 1. The summed E-state index contributed by atoms with van der Waals surface area (Å²) in [7, 11) is -1.42. The van der Waals surface area contributed by atoms with Crippen LogP contribution in [0.5, 0.6) is 0 Å². The van der Waals surface area contributed by atoms with E-state index in [4.69, 9.17) is 0 Å². The number of hydrogen-bond acceptors (Lipinski definition) is 4. The van der Waals surface area contributed by atoms with Gasteiger partial charge in [-0.1, -0.05) is 145 Å². The summed E-state index contributed by atoms with van der Waals surface area (Å²) in [5.41, 5.74) is 10.9. The van der Waals surface area contributed by atoms with Crippen LogP contribution in [0.25, 0.3) is 44.1 Å². The van der Waals surface area contributed by atoms with Gasteiger partial charge in [0.25, 0.3) is 0 Å². The van der Waals surface area contributed by atoms with Crippen molar-refractivity contribution < 1.29 is 30.0 Å². The zero-order valence-corrected chi connectivity index (χ0v) is 43.7. The smallest absolute Gasteiger partial charge is 0.162 e. The fraction of sp³-hybridized carbons (Fsp3) is 0.411. The van der Waals surface area contributed by atoms with Gasteiger partial charge in [-0.15, -0.1) is 69.8 Å². The molecule has 1 N–H and O–H groups in total. The maximum absolute atomic E-state index is 11.9. The molecule has 0 aliphatic carbocycles. The van der Waals surface area contributed by atoms with Crippen molar-refractivity contribution in [1.29, 1.82) is 0 Å². The van der Waals surface area contributed by atoms with E-state index in [0.717, 1.165) is 64.9 Å². The largest absolute Gasteiger partial charge is 0.512 e. The molecule has 0 saturated carbocycles. The van der Waals surface area contributed by atoms with Crippen LogP contribution in [0.2, 0.25) is 18.6 Å². The van der Waals surface area contributed by atoms with Crippen molar-refractivity contribution in [2.24, 2.45) is 11.3 Å². The van der Waals surface area contributed by atoms with Gasteiger partial charge in [0.1, 0.15) is 5.76 Å². The molecule has 0 aliphatic heterocycles. The van der Waals surface area contributed by atoms with Gasteiger partial charge in [0.15, 0.2) is 5.78 Å². The zero-order valence-electron chi connectivity index (χ0n) is 40.3. The topological polar surface area (TPSA) is 63.1 Å². The first-order valence-corrected chi connectivity index (χ1v) is 25.6. The number of benzene rings is 4. The van der Waals surface area contributed by atoms with Crippen molar-refractivity contribution >= 4 is 40.6 Å². The predicted octanol–water partition coefficient (Wildman–Crippen LogP) is 15.3. The standard InChI is InChI=1S/C22H26NSi.C20H20N.C14H26O2.Ir/c1-15(2)24(5,6)20-7-8-21-18(14-20)9-10-23-22(21)19-12-16(3)11-17(4)13-19;1-13(2)16-5-6-19-17(12-16)7-8-21-20(19)18-10-14(3)9-15(4)11-18;1-6-11(7-2)12(15)10-13(16)14(5,8-3)9-4;/h7-12,14-15H,1-6H3;5-10,12-13H,1-4H3;10-11,16H,6-9H2,1-5H3;/q2*-1;;/b;;13-10-;. The molecule has 0 aliphatic rings. The minimum Gasteiger partial charge on any atom is -0.512 e. The Morgan fingerprint density at radius 1 is 0.710 bits per heavy atom. The number of aryl methyl sites for hydroxylation is 4. The summed E-state index contributed by atoms with van der Waals surface area (Å²) in [6, 6.07) is 33.4. The minimum atomic E-state index is -1.42. The summed E-state index contributed by atoms with van der Waals surface area (Å²) in [5.74, 6) is 0.906.